The molecule has 3 aromatic carbocycles. The van der Waals surface area contributed by atoms with Crippen molar-refractivity contribution in [2.24, 2.45) is 0 Å². The molecule has 0 spiro atoms. The molecule has 1 aromatic heterocycles. The highest BCUT2D eigenvalue weighted by Crippen LogP contribution is 2.44. The number of carbonyl (C=O) groups is 2. The first-order valence-corrected chi connectivity index (χ1v) is 15.9. The highest BCUT2D eigenvalue weighted by molar-refractivity contribution is 8.00. The van der Waals surface area contributed by atoms with E-state index in [9.17, 15) is 19.1 Å². The molecule has 1 saturated heterocycles. The summed E-state index contributed by atoms with van der Waals surface area (Å²) >= 11 is 2.43. The van der Waals surface area contributed by atoms with Crippen molar-refractivity contribution in [3.05, 3.63) is 106 Å². The normalized spacial score (nSPS) is 16.2. The Hall–Kier alpha value is -4.02. The third-order valence-electron chi connectivity index (χ3n) is 7.22. The van der Waals surface area contributed by atoms with Gasteiger partial charge in [0.2, 0.25) is 5.13 Å². The number of carbonyl (C=O) groups excluding carboxylic acids is 2. The molecule has 0 radical (unpaired) electrons. The molecule has 5 rings (SSSR count). The number of nitrogens with zero attached hydrogens (tertiary/aromatic N) is 3. The van der Waals surface area contributed by atoms with Crippen molar-refractivity contribution in [2.45, 2.75) is 56.2 Å². The zero-order valence-corrected chi connectivity index (χ0v) is 25.8. The number of aliphatic hydroxyl groups is 1. The smallest absolute Gasteiger partial charge is 0.301 e. The van der Waals surface area contributed by atoms with Crippen molar-refractivity contribution >= 4 is 45.7 Å². The number of benzene rings is 3. The minimum Gasteiger partial charge on any atom is -0.507 e. The average Bonchev–Trinajstić information content (AvgIpc) is 3.58. The van der Waals surface area contributed by atoms with Gasteiger partial charge in [-0.2, -0.15) is 0 Å². The van der Waals surface area contributed by atoms with Crippen LogP contribution >= 0.6 is 23.1 Å². The first-order chi connectivity index (χ1) is 20.8. The number of aromatic nitrogens is 2. The van der Waals surface area contributed by atoms with E-state index in [-0.39, 0.29) is 22.3 Å². The van der Waals surface area contributed by atoms with Gasteiger partial charge in [-0.25, -0.2) is 4.39 Å². The lowest BCUT2D eigenvalue weighted by molar-refractivity contribution is -0.132. The summed E-state index contributed by atoms with van der Waals surface area (Å²) in [5.41, 5.74) is 3.27. The first-order valence-electron chi connectivity index (χ1n) is 14.1. The number of hydrogen-bond acceptors (Lipinski definition) is 8. The average molecular weight is 618 g/mol. The standard InChI is InChI=1S/C33H32FN3O4S2/c1-4-5-8-17-41-24-15-13-22(14-16-24)28-27(29(38)25-18-20(2)11-12-21(25)3)30(39)31(40)37(28)32-35-36-33(43-32)42-19-23-9-6-7-10-26(23)34/h6-7,9-16,18,28,38H,4-5,8,17,19H2,1-3H3/b29-27+. The second-order valence-electron chi connectivity index (χ2n) is 10.3. The Kier molecular flexibility index (Phi) is 9.57. The van der Waals surface area contributed by atoms with E-state index in [0.717, 1.165) is 41.7 Å². The van der Waals surface area contributed by atoms with Gasteiger partial charge in [-0.3, -0.25) is 14.5 Å². The van der Waals surface area contributed by atoms with Gasteiger partial charge in [-0.05, 0) is 61.2 Å². The Labute approximate surface area is 258 Å². The van der Waals surface area contributed by atoms with Crippen molar-refractivity contribution in [3.8, 4) is 5.75 Å². The minimum atomic E-state index is -0.938. The SMILES string of the molecule is CCCCCOc1ccc(C2/C(=C(\O)c3cc(C)ccc3C)C(=O)C(=O)N2c2nnc(SCc3ccccc3F)s2)cc1. The van der Waals surface area contributed by atoms with Gasteiger partial charge >= 0.3 is 5.91 Å². The van der Waals surface area contributed by atoms with E-state index < -0.39 is 17.7 Å². The minimum absolute atomic E-state index is 0.0222. The zero-order chi connectivity index (χ0) is 30.5. The molecule has 222 valence electrons. The summed E-state index contributed by atoms with van der Waals surface area (Å²) in [6.07, 6.45) is 3.12. The van der Waals surface area contributed by atoms with E-state index in [1.807, 2.05) is 26.0 Å². The Morgan fingerprint density at radius 2 is 1.81 bits per heavy atom. The fraction of sp³-hybridized carbons (Fsp3) is 0.273. The van der Waals surface area contributed by atoms with Gasteiger partial charge in [0.25, 0.3) is 5.78 Å². The van der Waals surface area contributed by atoms with E-state index in [4.69, 9.17) is 4.74 Å². The predicted molar refractivity (Wildman–Crippen MR) is 168 cm³/mol. The van der Waals surface area contributed by atoms with E-state index >= 15 is 0 Å². The summed E-state index contributed by atoms with van der Waals surface area (Å²) in [6, 6.07) is 18.3. The molecule has 10 heteroatoms. The summed E-state index contributed by atoms with van der Waals surface area (Å²) in [5, 5.41) is 20.2. The van der Waals surface area contributed by atoms with Crippen LogP contribution in [-0.4, -0.2) is 33.6 Å². The highest BCUT2D eigenvalue weighted by Gasteiger charge is 2.48. The largest absolute Gasteiger partial charge is 0.507 e. The van der Waals surface area contributed by atoms with E-state index in [1.165, 1.54) is 22.7 Å². The van der Waals surface area contributed by atoms with Crippen LogP contribution in [0.25, 0.3) is 5.76 Å². The number of unbranched alkanes of at least 4 members (excludes halogenated alkanes) is 2. The number of halogens is 1. The number of thioether (sulfide) groups is 1. The Morgan fingerprint density at radius 3 is 2.56 bits per heavy atom. The quantitative estimate of drug-likeness (QED) is 0.0459. The van der Waals surface area contributed by atoms with Crippen LogP contribution < -0.4 is 9.64 Å². The Balaban J connectivity index is 1.52. The number of ketones is 1. The summed E-state index contributed by atoms with van der Waals surface area (Å²) in [5.74, 6) is -1.16. The Morgan fingerprint density at radius 1 is 1.05 bits per heavy atom. The van der Waals surface area contributed by atoms with Crippen LogP contribution in [0, 0.1) is 19.7 Å². The molecule has 1 amide bonds. The van der Waals surface area contributed by atoms with Crippen molar-refractivity contribution in [1.29, 1.82) is 0 Å². The number of aliphatic hydroxyl groups excluding tert-OH is 1. The van der Waals surface area contributed by atoms with E-state index in [1.54, 1.807) is 48.5 Å². The maximum atomic E-state index is 14.1. The third kappa shape index (κ3) is 6.65. The summed E-state index contributed by atoms with van der Waals surface area (Å²) in [7, 11) is 0. The number of amides is 1. The third-order valence-corrected chi connectivity index (χ3v) is 9.32. The van der Waals surface area contributed by atoms with Gasteiger partial charge in [-0.1, -0.05) is 90.9 Å². The van der Waals surface area contributed by atoms with Crippen LogP contribution in [0.5, 0.6) is 5.75 Å². The van der Waals surface area contributed by atoms with Crippen molar-refractivity contribution in [1.82, 2.24) is 10.2 Å². The lowest BCUT2D eigenvalue weighted by Gasteiger charge is -2.23. The van der Waals surface area contributed by atoms with Crippen molar-refractivity contribution in [3.63, 3.8) is 0 Å². The molecule has 1 aliphatic rings. The number of aryl methyl sites for hydroxylation is 2. The summed E-state index contributed by atoms with van der Waals surface area (Å²) in [4.78, 5) is 28.5. The molecule has 0 saturated carbocycles. The maximum Gasteiger partial charge on any atom is 0.301 e. The fourth-order valence-electron chi connectivity index (χ4n) is 4.88. The van der Waals surface area contributed by atoms with Gasteiger partial charge in [0.05, 0.1) is 18.2 Å². The van der Waals surface area contributed by atoms with Gasteiger partial charge in [0.1, 0.15) is 17.3 Å². The molecule has 7 nitrogen and oxygen atoms in total. The van der Waals surface area contributed by atoms with Crippen LogP contribution in [0.3, 0.4) is 0 Å². The zero-order valence-electron chi connectivity index (χ0n) is 24.2. The topological polar surface area (TPSA) is 92.6 Å². The number of anilines is 1. The molecular formula is C33H32FN3O4S2. The molecular weight excluding hydrogens is 586 g/mol. The second kappa shape index (κ2) is 13.5. The maximum absolute atomic E-state index is 14.1. The van der Waals surface area contributed by atoms with Crippen LogP contribution in [-0.2, 0) is 15.3 Å². The lowest BCUT2D eigenvalue weighted by atomic mass is 9.93. The van der Waals surface area contributed by atoms with Gasteiger partial charge in [0, 0.05) is 11.3 Å². The summed E-state index contributed by atoms with van der Waals surface area (Å²) < 4.78 is 20.5. The number of Topliss-reactive ketones (excluding diaryl/α,β-unsaturated/α-hetero) is 1. The van der Waals surface area contributed by atoms with E-state index in [0.29, 0.717) is 39.1 Å². The van der Waals surface area contributed by atoms with Gasteiger partial charge in [-0.15, -0.1) is 10.2 Å². The van der Waals surface area contributed by atoms with Crippen molar-refractivity contribution in [2.75, 3.05) is 11.5 Å². The molecule has 0 bridgehead atoms. The Bertz CT molecular complexity index is 1670. The molecule has 1 unspecified atom stereocenters. The number of rotatable bonds is 11. The molecule has 2 heterocycles. The van der Waals surface area contributed by atoms with Crippen LogP contribution in [0.4, 0.5) is 9.52 Å². The molecule has 1 N–H and O–H groups in total. The molecule has 4 aromatic rings. The van der Waals surface area contributed by atoms with Crippen LogP contribution in [0.1, 0.15) is 60.0 Å². The molecule has 1 fully saturated rings. The monoisotopic (exact) mass is 617 g/mol. The van der Waals surface area contributed by atoms with Gasteiger partial charge < -0.3 is 9.84 Å². The first kappa shape index (κ1) is 30.4. The van der Waals surface area contributed by atoms with E-state index in [2.05, 4.69) is 17.1 Å². The summed E-state index contributed by atoms with van der Waals surface area (Å²) in [6.45, 7) is 6.46. The van der Waals surface area contributed by atoms with Crippen LogP contribution in [0.15, 0.2) is 76.6 Å². The second-order valence-corrected chi connectivity index (χ2v) is 12.5. The fourth-order valence-corrected chi connectivity index (χ4v) is 6.74. The van der Waals surface area contributed by atoms with Crippen LogP contribution in [0.2, 0.25) is 0 Å². The molecule has 0 aliphatic carbocycles. The lowest BCUT2D eigenvalue weighted by Crippen LogP contribution is -2.29. The van der Waals surface area contributed by atoms with Gasteiger partial charge in [0.15, 0.2) is 4.34 Å². The number of ether oxygens (including phenoxy) is 1. The predicted octanol–water partition coefficient (Wildman–Crippen LogP) is 7.78. The molecule has 43 heavy (non-hydrogen) atoms. The molecule has 1 atom stereocenters. The van der Waals surface area contributed by atoms with Crippen molar-refractivity contribution < 1.29 is 23.8 Å². The number of hydrogen-bond donors (Lipinski definition) is 1. The molecule has 1 aliphatic heterocycles. The highest BCUT2D eigenvalue weighted by atomic mass is 32.2.